The van der Waals surface area contributed by atoms with Crippen LogP contribution in [-0.2, 0) is 18.9 Å². The molecule has 2 heterocycles. The predicted octanol–water partition coefficient (Wildman–Crippen LogP) is 1.62. The Hall–Kier alpha value is -0.240. The average molecular weight is 373 g/mol. The topological polar surface area (TPSA) is 84.0 Å². The second-order valence-electron chi connectivity index (χ2n) is 8.44. The molecule has 0 aromatic rings. The highest BCUT2D eigenvalue weighted by Gasteiger charge is 2.48. The van der Waals surface area contributed by atoms with Gasteiger partial charge in [-0.3, -0.25) is 0 Å². The van der Waals surface area contributed by atoms with Crippen LogP contribution in [0.15, 0.2) is 0 Å². The summed E-state index contributed by atoms with van der Waals surface area (Å²) in [5.74, 6) is 2.97. The van der Waals surface area contributed by atoms with E-state index in [9.17, 15) is 0 Å². The lowest BCUT2D eigenvalue weighted by molar-refractivity contribution is 0.0282. The van der Waals surface area contributed by atoms with E-state index in [0.717, 1.165) is 25.0 Å². The van der Waals surface area contributed by atoms with Crippen LogP contribution in [0.4, 0.5) is 0 Å². The fraction of sp³-hybridized carbons (Fsp3) is 1.00. The molecule has 6 heteroatoms. The minimum atomic E-state index is 0.0278. The minimum absolute atomic E-state index is 0.0278. The first-order valence-electron chi connectivity index (χ1n) is 10.3. The lowest BCUT2D eigenvalue weighted by Gasteiger charge is -2.29. The number of hydrogen-bond donors (Lipinski definition) is 2. The smallest absolute Gasteiger partial charge is 0.0845 e. The third-order valence-corrected chi connectivity index (χ3v) is 6.40. The monoisotopic (exact) mass is 372 g/mol. The van der Waals surface area contributed by atoms with Crippen molar-refractivity contribution in [3.8, 4) is 0 Å². The van der Waals surface area contributed by atoms with E-state index in [4.69, 9.17) is 24.4 Å². The first kappa shape index (κ1) is 20.5. The van der Waals surface area contributed by atoms with E-state index in [1.54, 1.807) is 0 Å². The van der Waals surface area contributed by atoms with E-state index < -0.39 is 0 Å². The summed E-state index contributed by atoms with van der Waals surface area (Å²) in [5, 5.41) is 16.2. The van der Waals surface area contributed by atoms with Crippen LogP contribution >= 0.6 is 0 Å². The number of aliphatic hydroxyl groups is 2. The molecule has 0 aromatic heterocycles. The van der Waals surface area contributed by atoms with Gasteiger partial charge in [-0.1, -0.05) is 13.8 Å². The number of fused-ring (bicyclic) bond motifs is 2. The Labute approximate surface area is 157 Å². The van der Waals surface area contributed by atoms with Crippen molar-refractivity contribution in [2.75, 3.05) is 39.6 Å². The van der Waals surface area contributed by atoms with E-state index in [1.807, 2.05) is 0 Å². The van der Waals surface area contributed by atoms with Crippen molar-refractivity contribution in [2.24, 2.45) is 23.7 Å². The highest BCUT2D eigenvalue weighted by molar-refractivity contribution is 4.96. The molecular weight excluding hydrogens is 336 g/mol. The SMILES string of the molecule is CC1CC2OC2CC1COCC1CC2OC2CC1C.OCCOCCO. The molecule has 0 bridgehead atoms. The fourth-order valence-electron chi connectivity index (χ4n) is 4.43. The molecule has 4 aliphatic rings. The molecule has 0 amide bonds. The van der Waals surface area contributed by atoms with Gasteiger partial charge in [-0.25, -0.2) is 0 Å². The first-order valence-corrected chi connectivity index (χ1v) is 10.3. The molecule has 26 heavy (non-hydrogen) atoms. The molecule has 4 fully saturated rings. The number of rotatable bonds is 8. The summed E-state index contributed by atoms with van der Waals surface area (Å²) >= 11 is 0. The molecule has 8 atom stereocenters. The van der Waals surface area contributed by atoms with Gasteiger partial charge >= 0.3 is 0 Å². The Morgan fingerprint density at radius 1 is 0.692 bits per heavy atom. The molecule has 4 rings (SSSR count). The molecule has 2 aliphatic heterocycles. The number of ether oxygens (including phenoxy) is 4. The van der Waals surface area contributed by atoms with E-state index in [1.165, 1.54) is 25.7 Å². The molecule has 152 valence electrons. The van der Waals surface area contributed by atoms with Crippen molar-refractivity contribution in [3.63, 3.8) is 0 Å². The van der Waals surface area contributed by atoms with E-state index >= 15 is 0 Å². The zero-order valence-electron chi connectivity index (χ0n) is 16.2. The van der Waals surface area contributed by atoms with Gasteiger partial charge in [0, 0.05) is 13.2 Å². The first-order chi connectivity index (χ1) is 12.6. The van der Waals surface area contributed by atoms with E-state index in [0.29, 0.717) is 49.5 Å². The Bertz CT molecular complexity index is 383. The van der Waals surface area contributed by atoms with Crippen molar-refractivity contribution in [3.05, 3.63) is 0 Å². The average Bonchev–Trinajstić information content (AvgIpc) is 3.52. The normalized spacial score (nSPS) is 42.9. The third kappa shape index (κ3) is 5.88. The summed E-state index contributed by atoms with van der Waals surface area (Å²) in [4.78, 5) is 0. The van der Waals surface area contributed by atoms with Crippen LogP contribution in [0.2, 0.25) is 0 Å². The molecule has 2 aliphatic carbocycles. The zero-order valence-corrected chi connectivity index (χ0v) is 16.2. The highest BCUT2D eigenvalue weighted by atomic mass is 16.6. The maximum atomic E-state index is 8.09. The molecule has 2 saturated heterocycles. The second kappa shape index (κ2) is 9.80. The molecule has 2 saturated carbocycles. The van der Waals surface area contributed by atoms with Crippen molar-refractivity contribution < 1.29 is 29.2 Å². The Kier molecular flexibility index (Phi) is 7.73. The maximum absolute atomic E-state index is 8.09. The van der Waals surface area contributed by atoms with Crippen LogP contribution in [0.3, 0.4) is 0 Å². The summed E-state index contributed by atoms with van der Waals surface area (Å²) < 4.78 is 22.0. The van der Waals surface area contributed by atoms with Gasteiger partial charge in [-0.15, -0.1) is 0 Å². The van der Waals surface area contributed by atoms with Gasteiger partial charge in [0.05, 0.1) is 50.8 Å². The number of aliphatic hydroxyl groups excluding tert-OH is 2. The van der Waals surface area contributed by atoms with Gasteiger partial charge in [-0.05, 0) is 49.4 Å². The van der Waals surface area contributed by atoms with Crippen LogP contribution in [0.1, 0.15) is 39.5 Å². The summed E-state index contributed by atoms with van der Waals surface area (Å²) in [5.41, 5.74) is 0. The van der Waals surface area contributed by atoms with E-state index in [2.05, 4.69) is 18.6 Å². The van der Waals surface area contributed by atoms with Gasteiger partial charge in [0.15, 0.2) is 0 Å². The zero-order chi connectivity index (χ0) is 18.5. The largest absolute Gasteiger partial charge is 0.394 e. The summed E-state index contributed by atoms with van der Waals surface area (Å²) in [6.45, 7) is 7.29. The summed E-state index contributed by atoms with van der Waals surface area (Å²) in [6, 6.07) is 0. The van der Waals surface area contributed by atoms with Crippen molar-refractivity contribution in [2.45, 2.75) is 63.9 Å². The maximum Gasteiger partial charge on any atom is 0.0845 e. The molecule has 0 radical (unpaired) electrons. The van der Waals surface area contributed by atoms with Gasteiger partial charge < -0.3 is 29.2 Å². The van der Waals surface area contributed by atoms with Crippen LogP contribution in [0.25, 0.3) is 0 Å². The van der Waals surface area contributed by atoms with Crippen LogP contribution in [0, 0.1) is 23.7 Å². The highest BCUT2D eigenvalue weighted by Crippen LogP contribution is 2.44. The molecule has 2 N–H and O–H groups in total. The second-order valence-corrected chi connectivity index (χ2v) is 8.44. The molecule has 0 aromatic carbocycles. The van der Waals surface area contributed by atoms with Crippen LogP contribution in [0.5, 0.6) is 0 Å². The van der Waals surface area contributed by atoms with Crippen molar-refractivity contribution in [1.29, 1.82) is 0 Å². The Balaban J connectivity index is 0.000000242. The lowest BCUT2D eigenvalue weighted by atomic mass is 9.80. The summed E-state index contributed by atoms with van der Waals surface area (Å²) in [6.07, 6.45) is 7.26. The van der Waals surface area contributed by atoms with Crippen LogP contribution in [-0.4, -0.2) is 74.3 Å². The molecular formula is C20H36O6. The quantitative estimate of drug-likeness (QED) is 0.498. The van der Waals surface area contributed by atoms with Crippen molar-refractivity contribution in [1.82, 2.24) is 0 Å². The van der Waals surface area contributed by atoms with Crippen molar-refractivity contribution >= 4 is 0 Å². The van der Waals surface area contributed by atoms with Gasteiger partial charge in [0.1, 0.15) is 0 Å². The lowest BCUT2D eigenvalue weighted by Crippen LogP contribution is -2.30. The predicted molar refractivity (Wildman–Crippen MR) is 96.9 cm³/mol. The minimum Gasteiger partial charge on any atom is -0.394 e. The van der Waals surface area contributed by atoms with Crippen LogP contribution < -0.4 is 0 Å². The Morgan fingerprint density at radius 3 is 1.54 bits per heavy atom. The number of hydrogen-bond acceptors (Lipinski definition) is 6. The molecule has 0 spiro atoms. The summed E-state index contributed by atoms with van der Waals surface area (Å²) in [7, 11) is 0. The Morgan fingerprint density at radius 2 is 1.12 bits per heavy atom. The molecule has 6 nitrogen and oxygen atoms in total. The number of epoxide rings is 2. The van der Waals surface area contributed by atoms with E-state index in [-0.39, 0.29) is 13.2 Å². The fourth-order valence-corrected chi connectivity index (χ4v) is 4.43. The van der Waals surface area contributed by atoms with Gasteiger partial charge in [0.2, 0.25) is 0 Å². The third-order valence-electron chi connectivity index (χ3n) is 6.40. The standard InChI is InChI=1S/C16H26O3.C4H10O3/c1-9-3-13-15(18-13)5-11(9)7-17-8-12-6-16-14(19-16)4-10(12)2;5-1-3-7-4-2-6/h9-16H,3-8H2,1-2H3;5-6H,1-4H2. The van der Waals surface area contributed by atoms with Gasteiger partial charge in [-0.2, -0.15) is 0 Å². The van der Waals surface area contributed by atoms with Gasteiger partial charge in [0.25, 0.3) is 0 Å². The molecule has 8 unspecified atom stereocenters.